The van der Waals surface area contributed by atoms with Crippen molar-refractivity contribution in [2.24, 2.45) is 0 Å². The molecular weight excluding hydrogens is 366 g/mol. The third-order valence-electron chi connectivity index (χ3n) is 4.09. The summed E-state index contributed by atoms with van der Waals surface area (Å²) in [6, 6.07) is 11.3. The molecule has 6 nitrogen and oxygen atoms in total. The zero-order valence-electron chi connectivity index (χ0n) is 14.6. The lowest BCUT2D eigenvalue weighted by Crippen LogP contribution is -2.22. The Morgan fingerprint density at radius 2 is 2.11 bits per heavy atom. The van der Waals surface area contributed by atoms with Gasteiger partial charge in [0.05, 0.1) is 17.3 Å². The molecule has 3 aromatic rings. The largest absolute Gasteiger partial charge is 0.550 e. The second-order valence-electron chi connectivity index (χ2n) is 5.95. The Morgan fingerprint density at radius 3 is 2.89 bits per heavy atom. The molecule has 0 radical (unpaired) electrons. The van der Waals surface area contributed by atoms with Crippen molar-refractivity contribution < 1.29 is 24.1 Å². The van der Waals surface area contributed by atoms with E-state index in [0.717, 1.165) is 15.8 Å². The highest BCUT2D eigenvalue weighted by atomic mass is 32.1. The molecule has 2 heterocycles. The van der Waals surface area contributed by atoms with E-state index in [2.05, 4.69) is 4.98 Å². The number of carbonyl (C=O) groups excluding carboxylic acids is 1. The summed E-state index contributed by atoms with van der Waals surface area (Å²) in [6.07, 6.45) is 1.53. The first-order valence-electron chi connectivity index (χ1n) is 8.38. The Bertz CT molecular complexity index is 990. The van der Waals surface area contributed by atoms with Gasteiger partial charge in [-0.15, -0.1) is 11.3 Å². The molecule has 0 saturated carbocycles. The number of rotatable bonds is 5. The summed E-state index contributed by atoms with van der Waals surface area (Å²) in [5.41, 5.74) is 2.14. The Hall–Kier alpha value is -3.06. The van der Waals surface area contributed by atoms with Crippen LogP contribution in [0, 0.1) is 0 Å². The first kappa shape index (κ1) is 17.4. The van der Waals surface area contributed by atoms with Crippen LogP contribution in [0.5, 0.6) is 17.2 Å². The monoisotopic (exact) mass is 382 g/mol. The molecule has 0 spiro atoms. The van der Waals surface area contributed by atoms with E-state index in [-0.39, 0.29) is 6.42 Å². The zero-order valence-corrected chi connectivity index (χ0v) is 15.4. The van der Waals surface area contributed by atoms with E-state index < -0.39 is 5.97 Å². The highest BCUT2D eigenvalue weighted by Crippen LogP contribution is 2.41. The Labute approximate surface area is 159 Å². The summed E-state index contributed by atoms with van der Waals surface area (Å²) in [7, 11) is 1.55. The molecule has 1 aliphatic rings. The molecule has 4 rings (SSSR count). The van der Waals surface area contributed by atoms with Crippen molar-refractivity contribution in [1.29, 1.82) is 0 Å². The molecule has 0 aliphatic carbocycles. The quantitative estimate of drug-likeness (QED) is 0.675. The van der Waals surface area contributed by atoms with Crippen molar-refractivity contribution >= 4 is 39.2 Å². The molecule has 0 fully saturated rings. The van der Waals surface area contributed by atoms with Crippen molar-refractivity contribution in [3.8, 4) is 17.2 Å². The van der Waals surface area contributed by atoms with Gasteiger partial charge in [-0.3, -0.25) is 0 Å². The lowest BCUT2D eigenvalue weighted by atomic mass is 10.1. The van der Waals surface area contributed by atoms with E-state index in [1.807, 2.05) is 24.3 Å². The summed E-state index contributed by atoms with van der Waals surface area (Å²) >= 11 is 1.45. The van der Waals surface area contributed by atoms with E-state index in [9.17, 15) is 9.90 Å². The van der Waals surface area contributed by atoms with Crippen molar-refractivity contribution in [2.75, 3.05) is 20.3 Å². The standard InChI is InChI=1S/C20H17NO5S/c1-24-15-9-12(10-16-19(15)26-7-6-25-16)8-13(11-18(22)23)20-21-14-4-2-3-5-17(14)27-20/h2-5,8-10H,6-7,11H2,1H3,(H,22,23)/p-1/b13-8+. The van der Waals surface area contributed by atoms with Crippen molar-refractivity contribution in [3.05, 3.63) is 47.0 Å². The number of aromatic nitrogens is 1. The van der Waals surface area contributed by atoms with E-state index >= 15 is 0 Å². The molecule has 0 amide bonds. The fourth-order valence-electron chi connectivity index (χ4n) is 2.93. The summed E-state index contributed by atoms with van der Waals surface area (Å²) < 4.78 is 17.6. The summed E-state index contributed by atoms with van der Waals surface area (Å²) in [5, 5.41) is 11.9. The van der Waals surface area contributed by atoms with Crippen molar-refractivity contribution in [1.82, 2.24) is 4.98 Å². The molecule has 0 saturated heterocycles. The number of aliphatic carboxylic acids is 1. The second kappa shape index (κ2) is 7.28. The van der Waals surface area contributed by atoms with Crippen LogP contribution < -0.4 is 19.3 Å². The normalized spacial score (nSPS) is 13.6. The predicted octanol–water partition coefficient (Wildman–Crippen LogP) is 2.76. The van der Waals surface area contributed by atoms with Gasteiger partial charge in [-0.25, -0.2) is 4.98 Å². The number of thiazole rings is 1. The number of carboxylic acid groups (broad SMARTS) is 1. The van der Waals surface area contributed by atoms with Gasteiger partial charge in [0.25, 0.3) is 0 Å². The second-order valence-corrected chi connectivity index (χ2v) is 6.98. The molecule has 7 heteroatoms. The summed E-state index contributed by atoms with van der Waals surface area (Å²) in [6.45, 7) is 0.910. The maximum Gasteiger partial charge on any atom is 0.203 e. The van der Waals surface area contributed by atoms with Crippen LogP contribution in [0.4, 0.5) is 0 Å². The molecule has 2 aromatic carbocycles. The van der Waals surface area contributed by atoms with Gasteiger partial charge in [0, 0.05) is 12.4 Å². The highest BCUT2D eigenvalue weighted by molar-refractivity contribution is 7.19. The van der Waals surface area contributed by atoms with E-state index in [0.29, 0.717) is 41.0 Å². The minimum absolute atomic E-state index is 0.240. The van der Waals surface area contributed by atoms with E-state index in [1.165, 1.54) is 11.3 Å². The molecule has 0 N–H and O–H groups in total. The Balaban J connectivity index is 1.80. The number of hydrogen-bond donors (Lipinski definition) is 0. The minimum atomic E-state index is -1.16. The van der Waals surface area contributed by atoms with Gasteiger partial charge < -0.3 is 24.1 Å². The number of para-hydroxylation sites is 1. The number of methoxy groups -OCH3 is 1. The van der Waals surface area contributed by atoms with Crippen LogP contribution in [-0.2, 0) is 4.79 Å². The average molecular weight is 382 g/mol. The molecule has 138 valence electrons. The summed E-state index contributed by atoms with van der Waals surface area (Å²) in [5.74, 6) is 0.506. The fourth-order valence-corrected chi connectivity index (χ4v) is 3.91. The zero-order chi connectivity index (χ0) is 18.8. The van der Waals surface area contributed by atoms with E-state index in [4.69, 9.17) is 14.2 Å². The van der Waals surface area contributed by atoms with Gasteiger partial charge in [-0.2, -0.15) is 0 Å². The average Bonchev–Trinajstić information content (AvgIpc) is 3.10. The van der Waals surface area contributed by atoms with Crippen LogP contribution >= 0.6 is 11.3 Å². The first-order valence-corrected chi connectivity index (χ1v) is 9.19. The lowest BCUT2D eigenvalue weighted by Gasteiger charge is -2.21. The number of ether oxygens (including phenoxy) is 3. The van der Waals surface area contributed by atoms with Crippen LogP contribution in [0.2, 0.25) is 0 Å². The van der Waals surface area contributed by atoms with Crippen molar-refractivity contribution in [3.63, 3.8) is 0 Å². The van der Waals surface area contributed by atoms with Crippen LogP contribution in [0.15, 0.2) is 36.4 Å². The number of nitrogens with zero attached hydrogens (tertiary/aromatic N) is 1. The van der Waals surface area contributed by atoms with Crippen molar-refractivity contribution in [2.45, 2.75) is 6.42 Å². The number of carboxylic acids is 1. The Morgan fingerprint density at radius 1 is 1.30 bits per heavy atom. The molecule has 0 bridgehead atoms. The van der Waals surface area contributed by atoms with Gasteiger partial charge in [-0.05, 0) is 41.5 Å². The number of carbonyl (C=O) groups is 1. The fraction of sp³-hybridized carbons (Fsp3) is 0.200. The first-order chi connectivity index (χ1) is 13.1. The molecule has 27 heavy (non-hydrogen) atoms. The smallest absolute Gasteiger partial charge is 0.203 e. The number of fused-ring (bicyclic) bond motifs is 2. The number of hydrogen-bond acceptors (Lipinski definition) is 7. The maximum atomic E-state index is 11.3. The molecule has 0 unspecified atom stereocenters. The Kier molecular flexibility index (Phi) is 4.68. The molecule has 1 aliphatic heterocycles. The minimum Gasteiger partial charge on any atom is -0.550 e. The van der Waals surface area contributed by atoms with Crippen LogP contribution in [0.1, 0.15) is 17.0 Å². The van der Waals surface area contributed by atoms with Crippen LogP contribution in [-0.4, -0.2) is 31.3 Å². The molecule has 0 atom stereocenters. The highest BCUT2D eigenvalue weighted by Gasteiger charge is 2.18. The van der Waals surface area contributed by atoms with Crippen LogP contribution in [0.3, 0.4) is 0 Å². The maximum absolute atomic E-state index is 11.3. The van der Waals surface area contributed by atoms with Gasteiger partial charge in [0.15, 0.2) is 11.5 Å². The third-order valence-corrected chi connectivity index (χ3v) is 5.21. The van der Waals surface area contributed by atoms with Gasteiger partial charge in [0.2, 0.25) is 5.75 Å². The molecular formula is C20H16NO5S-. The van der Waals surface area contributed by atoms with E-state index in [1.54, 1.807) is 25.3 Å². The third kappa shape index (κ3) is 3.59. The van der Waals surface area contributed by atoms with Gasteiger partial charge in [-0.1, -0.05) is 12.1 Å². The van der Waals surface area contributed by atoms with Crippen LogP contribution in [0.25, 0.3) is 21.9 Å². The van der Waals surface area contributed by atoms with Gasteiger partial charge >= 0.3 is 0 Å². The predicted molar refractivity (Wildman–Crippen MR) is 101 cm³/mol. The molecule has 1 aromatic heterocycles. The SMILES string of the molecule is COc1cc(/C=C(\CC(=O)[O-])c2nc3ccccc3s2)cc2c1OCCO2. The van der Waals surface area contributed by atoms with Gasteiger partial charge in [0.1, 0.15) is 18.2 Å². The topological polar surface area (TPSA) is 80.7 Å². The lowest BCUT2D eigenvalue weighted by molar-refractivity contribution is -0.304. The number of benzene rings is 2. The summed E-state index contributed by atoms with van der Waals surface area (Å²) in [4.78, 5) is 15.9.